The van der Waals surface area contributed by atoms with Gasteiger partial charge >= 0.3 is 11.9 Å². The molecule has 1 aromatic heterocycles. The fourth-order valence-electron chi connectivity index (χ4n) is 2.07. The molecule has 1 heterocycles. The number of nitrogens with zero attached hydrogens (tertiary/aromatic N) is 2. The number of esters is 2. The van der Waals surface area contributed by atoms with Crippen molar-refractivity contribution in [2.75, 3.05) is 33.8 Å². The van der Waals surface area contributed by atoms with Crippen LogP contribution in [0, 0.1) is 0 Å². The Hall–Kier alpha value is -3.62. The van der Waals surface area contributed by atoms with Gasteiger partial charge in [-0.05, 0) is 12.1 Å². The zero-order chi connectivity index (χ0) is 19.8. The van der Waals surface area contributed by atoms with Crippen LogP contribution in [0.1, 0.15) is 0 Å². The Labute approximate surface area is 155 Å². The molecule has 2 rings (SSSR count). The van der Waals surface area contributed by atoms with E-state index in [1.807, 2.05) is 0 Å². The number of hydrogen-bond acceptors (Lipinski definition) is 9. The maximum Gasteiger partial charge on any atom is 0.354 e. The summed E-state index contributed by atoms with van der Waals surface area (Å²) in [5, 5.41) is 2.83. The average Bonchev–Trinajstić information content (AvgIpc) is 2.72. The van der Waals surface area contributed by atoms with Crippen LogP contribution in [0.25, 0.3) is 11.4 Å². The molecule has 0 aliphatic carbocycles. The molecule has 1 N–H and O–H groups in total. The smallest absolute Gasteiger partial charge is 0.354 e. The lowest BCUT2D eigenvalue weighted by atomic mass is 10.2. The number of benzene rings is 1. The van der Waals surface area contributed by atoms with E-state index < -0.39 is 11.9 Å². The molecule has 142 valence electrons. The molecule has 0 saturated heterocycles. The first-order valence-electron chi connectivity index (χ1n) is 7.73. The van der Waals surface area contributed by atoms with E-state index in [4.69, 9.17) is 9.47 Å². The summed E-state index contributed by atoms with van der Waals surface area (Å²) in [6, 6.07) is 8.47. The molecule has 0 spiro atoms. The maximum atomic E-state index is 11.9. The summed E-state index contributed by atoms with van der Waals surface area (Å²) in [6.07, 6.45) is 1.00. The average molecular weight is 373 g/mol. The van der Waals surface area contributed by atoms with Crippen molar-refractivity contribution in [1.29, 1.82) is 0 Å². The Morgan fingerprint density at radius 2 is 1.63 bits per heavy atom. The van der Waals surface area contributed by atoms with E-state index in [2.05, 4.69) is 24.8 Å². The van der Waals surface area contributed by atoms with Crippen molar-refractivity contribution in [3.8, 4) is 23.1 Å². The van der Waals surface area contributed by atoms with Crippen molar-refractivity contribution < 1.29 is 28.5 Å². The largest absolute Gasteiger partial charge is 0.481 e. The molecule has 0 saturated carbocycles. The quantitative estimate of drug-likeness (QED) is 0.574. The number of rotatable bonds is 7. The van der Waals surface area contributed by atoms with Crippen LogP contribution in [-0.2, 0) is 19.1 Å². The lowest BCUT2D eigenvalue weighted by molar-refractivity contribution is -0.138. The summed E-state index contributed by atoms with van der Waals surface area (Å²) in [5.74, 6) is -0.358. The fraction of sp³-hybridized carbons (Fsp3) is 0.222. The Morgan fingerprint density at radius 3 is 2.19 bits per heavy atom. The second-order valence-corrected chi connectivity index (χ2v) is 5.05. The summed E-state index contributed by atoms with van der Waals surface area (Å²) in [6.45, 7) is 0. The van der Waals surface area contributed by atoms with Gasteiger partial charge in [-0.3, -0.25) is 0 Å². The topological polar surface area (TPSA) is 109 Å². The van der Waals surface area contributed by atoms with Crippen LogP contribution in [0.5, 0.6) is 11.8 Å². The molecule has 27 heavy (non-hydrogen) atoms. The highest BCUT2D eigenvalue weighted by Crippen LogP contribution is 2.25. The summed E-state index contributed by atoms with van der Waals surface area (Å²) < 4.78 is 19.5. The third kappa shape index (κ3) is 5.18. The summed E-state index contributed by atoms with van der Waals surface area (Å²) in [4.78, 5) is 31.9. The third-order valence-corrected chi connectivity index (χ3v) is 3.37. The third-order valence-electron chi connectivity index (χ3n) is 3.37. The summed E-state index contributed by atoms with van der Waals surface area (Å²) in [5.41, 5.74) is 1.07. The van der Waals surface area contributed by atoms with Crippen molar-refractivity contribution in [3.63, 3.8) is 0 Å². The van der Waals surface area contributed by atoms with Crippen molar-refractivity contribution in [2.45, 2.75) is 0 Å². The van der Waals surface area contributed by atoms with Gasteiger partial charge in [-0.15, -0.1) is 0 Å². The lowest BCUT2D eigenvalue weighted by Gasteiger charge is -2.11. The van der Waals surface area contributed by atoms with Crippen LogP contribution in [0.2, 0.25) is 0 Å². The lowest BCUT2D eigenvalue weighted by Crippen LogP contribution is -2.15. The zero-order valence-corrected chi connectivity index (χ0v) is 15.3. The minimum Gasteiger partial charge on any atom is -0.481 e. The Balaban J connectivity index is 2.38. The summed E-state index contributed by atoms with van der Waals surface area (Å²) >= 11 is 0. The van der Waals surface area contributed by atoms with Crippen LogP contribution < -0.4 is 14.8 Å². The minimum atomic E-state index is -0.717. The normalized spacial score (nSPS) is 10.7. The number of carbonyl (C=O) groups excluding carboxylic acids is 2. The molecular formula is C18H19N3O6. The zero-order valence-electron chi connectivity index (χ0n) is 15.3. The van der Waals surface area contributed by atoms with E-state index in [-0.39, 0.29) is 5.70 Å². The number of aromatic nitrogens is 2. The standard InChI is InChI=1S/C18H19N3O6/c1-24-14-10-15(25-2)21-17(20-14)11-6-5-7-12(8-11)19-13(18(23)27-4)9-16(22)26-3/h5-10,19H,1-4H3/b13-9+. The molecule has 0 aliphatic rings. The van der Waals surface area contributed by atoms with Crippen LogP contribution in [0.3, 0.4) is 0 Å². The van der Waals surface area contributed by atoms with Gasteiger partial charge in [0.05, 0.1) is 40.6 Å². The van der Waals surface area contributed by atoms with Gasteiger partial charge in [-0.2, -0.15) is 9.97 Å². The van der Waals surface area contributed by atoms with E-state index in [0.717, 1.165) is 6.08 Å². The predicted octanol–water partition coefficient (Wildman–Crippen LogP) is 1.80. The highest BCUT2D eigenvalue weighted by Gasteiger charge is 2.14. The number of anilines is 1. The highest BCUT2D eigenvalue weighted by atomic mass is 16.5. The maximum absolute atomic E-state index is 11.9. The first-order valence-corrected chi connectivity index (χ1v) is 7.73. The Morgan fingerprint density at radius 1 is 0.963 bits per heavy atom. The molecule has 2 aromatic rings. The molecule has 9 heteroatoms. The minimum absolute atomic E-state index is 0.0781. The second-order valence-electron chi connectivity index (χ2n) is 5.05. The van der Waals surface area contributed by atoms with Gasteiger partial charge in [0.2, 0.25) is 11.8 Å². The van der Waals surface area contributed by atoms with Crippen molar-refractivity contribution in [1.82, 2.24) is 9.97 Å². The predicted molar refractivity (Wildman–Crippen MR) is 96.3 cm³/mol. The van der Waals surface area contributed by atoms with Gasteiger partial charge in [0.1, 0.15) is 5.70 Å². The molecule has 0 bridgehead atoms. The fourth-order valence-corrected chi connectivity index (χ4v) is 2.07. The van der Waals surface area contributed by atoms with Gasteiger partial charge in [0.15, 0.2) is 5.82 Å². The molecule has 0 unspecified atom stereocenters. The van der Waals surface area contributed by atoms with Gasteiger partial charge in [0, 0.05) is 11.3 Å². The summed E-state index contributed by atoms with van der Waals surface area (Å²) in [7, 11) is 5.40. The van der Waals surface area contributed by atoms with Gasteiger partial charge < -0.3 is 24.3 Å². The first kappa shape index (κ1) is 19.7. The number of carbonyl (C=O) groups is 2. The number of methoxy groups -OCH3 is 4. The molecule has 0 atom stereocenters. The molecule has 1 aromatic carbocycles. The van der Waals surface area contributed by atoms with Gasteiger partial charge in [-0.1, -0.05) is 12.1 Å². The van der Waals surface area contributed by atoms with Gasteiger partial charge in [0.25, 0.3) is 0 Å². The first-order chi connectivity index (χ1) is 13.0. The highest BCUT2D eigenvalue weighted by molar-refractivity contribution is 5.98. The number of nitrogens with one attached hydrogen (secondary N) is 1. The van der Waals surface area contributed by atoms with E-state index in [9.17, 15) is 9.59 Å². The van der Waals surface area contributed by atoms with Crippen LogP contribution in [0.4, 0.5) is 5.69 Å². The molecule has 0 amide bonds. The van der Waals surface area contributed by atoms with Crippen LogP contribution in [-0.4, -0.2) is 50.3 Å². The number of ether oxygens (including phenoxy) is 4. The molecule has 0 radical (unpaired) electrons. The molecule has 0 aliphatic heterocycles. The van der Waals surface area contributed by atoms with Crippen molar-refractivity contribution in [3.05, 3.63) is 42.1 Å². The van der Waals surface area contributed by atoms with Crippen molar-refractivity contribution in [2.24, 2.45) is 0 Å². The van der Waals surface area contributed by atoms with E-state index in [1.54, 1.807) is 30.3 Å². The van der Waals surface area contributed by atoms with Gasteiger partial charge in [-0.25, -0.2) is 9.59 Å². The Bertz CT molecular complexity index is 844. The molecular weight excluding hydrogens is 354 g/mol. The van der Waals surface area contributed by atoms with Crippen LogP contribution in [0.15, 0.2) is 42.1 Å². The van der Waals surface area contributed by atoms with E-state index in [1.165, 1.54) is 28.4 Å². The monoisotopic (exact) mass is 373 g/mol. The van der Waals surface area contributed by atoms with Crippen LogP contribution >= 0.6 is 0 Å². The Kier molecular flexibility index (Phi) is 6.70. The van der Waals surface area contributed by atoms with E-state index >= 15 is 0 Å². The van der Waals surface area contributed by atoms with E-state index in [0.29, 0.717) is 28.8 Å². The SMILES string of the molecule is COC(=O)/C=C(/Nc1cccc(-c2nc(OC)cc(OC)n2)c1)C(=O)OC. The van der Waals surface area contributed by atoms with Crippen molar-refractivity contribution >= 4 is 17.6 Å². The molecule has 9 nitrogen and oxygen atoms in total. The molecule has 0 fully saturated rings. The number of hydrogen-bond donors (Lipinski definition) is 1. The second kappa shape index (κ2) is 9.18.